The molecular weight excluding hydrogens is 222 g/mol. The van der Waals surface area contributed by atoms with E-state index in [1.165, 1.54) is 31.2 Å². The molecule has 4 unspecified atom stereocenters. The molecule has 2 bridgehead atoms. The van der Waals surface area contributed by atoms with E-state index in [2.05, 4.69) is 42.6 Å². The monoisotopic (exact) mass is 245 g/mol. The fourth-order valence-corrected chi connectivity index (χ4v) is 3.34. The lowest BCUT2D eigenvalue weighted by Crippen LogP contribution is -2.44. The molecule has 4 atom stereocenters. The van der Waals surface area contributed by atoms with Gasteiger partial charge in [0.1, 0.15) is 0 Å². The van der Waals surface area contributed by atoms with E-state index in [9.17, 15) is 0 Å². The molecule has 2 fully saturated rings. The number of hydrogen-bond donors (Lipinski definition) is 1. The van der Waals surface area contributed by atoms with Crippen molar-refractivity contribution in [3.63, 3.8) is 0 Å². The van der Waals surface area contributed by atoms with E-state index in [-0.39, 0.29) is 0 Å². The maximum absolute atomic E-state index is 5.92. The molecule has 2 heteroatoms. The van der Waals surface area contributed by atoms with Crippen molar-refractivity contribution in [1.29, 1.82) is 0 Å². The summed E-state index contributed by atoms with van der Waals surface area (Å²) in [7, 11) is 0. The third-order valence-corrected chi connectivity index (χ3v) is 4.37. The predicted molar refractivity (Wildman–Crippen MR) is 73.7 cm³/mol. The first-order valence-corrected chi connectivity index (χ1v) is 7.30. The standard InChI is InChI=1S/C16H23NO/c1-2-13(10-12-6-4-3-5-7-12)17-15-11-14-8-9-16(15)18-14/h3-7,13-17H,2,8-11H2,1H3. The van der Waals surface area contributed by atoms with Crippen LogP contribution in [0.4, 0.5) is 0 Å². The summed E-state index contributed by atoms with van der Waals surface area (Å²) in [6.45, 7) is 2.27. The van der Waals surface area contributed by atoms with Gasteiger partial charge in [0.2, 0.25) is 0 Å². The van der Waals surface area contributed by atoms with E-state index in [0.717, 1.165) is 6.42 Å². The van der Waals surface area contributed by atoms with Crippen LogP contribution in [0.5, 0.6) is 0 Å². The number of benzene rings is 1. The summed E-state index contributed by atoms with van der Waals surface area (Å²) in [5.74, 6) is 0. The molecule has 2 aliphatic rings. The van der Waals surface area contributed by atoms with E-state index in [1.54, 1.807) is 0 Å². The molecular formula is C16H23NO. The second kappa shape index (κ2) is 5.41. The van der Waals surface area contributed by atoms with Crippen molar-refractivity contribution in [3.05, 3.63) is 35.9 Å². The van der Waals surface area contributed by atoms with E-state index in [4.69, 9.17) is 4.74 Å². The minimum Gasteiger partial charge on any atom is -0.373 e. The van der Waals surface area contributed by atoms with Crippen LogP contribution < -0.4 is 5.32 Å². The first-order chi connectivity index (χ1) is 8.85. The topological polar surface area (TPSA) is 21.3 Å². The zero-order chi connectivity index (χ0) is 12.4. The van der Waals surface area contributed by atoms with Gasteiger partial charge in [-0.25, -0.2) is 0 Å². The quantitative estimate of drug-likeness (QED) is 0.861. The van der Waals surface area contributed by atoms with Gasteiger partial charge in [0, 0.05) is 12.1 Å². The van der Waals surface area contributed by atoms with Crippen molar-refractivity contribution >= 4 is 0 Å². The maximum atomic E-state index is 5.92. The third-order valence-electron chi connectivity index (χ3n) is 4.37. The number of ether oxygens (including phenoxy) is 1. The summed E-state index contributed by atoms with van der Waals surface area (Å²) in [5, 5.41) is 3.82. The minimum absolute atomic E-state index is 0.486. The average Bonchev–Trinajstić information content (AvgIpc) is 3.01. The van der Waals surface area contributed by atoms with E-state index in [1.807, 2.05) is 0 Å². The lowest BCUT2D eigenvalue weighted by Gasteiger charge is -2.26. The third kappa shape index (κ3) is 2.60. The van der Waals surface area contributed by atoms with E-state index in [0.29, 0.717) is 24.3 Å². The van der Waals surface area contributed by atoms with Gasteiger partial charge in [-0.15, -0.1) is 0 Å². The minimum atomic E-state index is 0.486. The van der Waals surface area contributed by atoms with Crippen molar-refractivity contribution < 1.29 is 4.74 Å². The van der Waals surface area contributed by atoms with Gasteiger partial charge in [-0.05, 0) is 37.7 Å². The molecule has 0 aliphatic carbocycles. The Labute approximate surface area is 110 Å². The molecule has 2 aliphatic heterocycles. The Hall–Kier alpha value is -0.860. The number of nitrogens with one attached hydrogen (secondary N) is 1. The Morgan fingerprint density at radius 2 is 2.11 bits per heavy atom. The summed E-state index contributed by atoms with van der Waals surface area (Å²) in [5.41, 5.74) is 1.43. The lowest BCUT2D eigenvalue weighted by atomic mass is 9.93. The fraction of sp³-hybridized carbons (Fsp3) is 0.625. The van der Waals surface area contributed by atoms with Gasteiger partial charge in [-0.3, -0.25) is 0 Å². The molecule has 0 amide bonds. The molecule has 0 spiro atoms. The zero-order valence-corrected chi connectivity index (χ0v) is 11.1. The van der Waals surface area contributed by atoms with Crippen LogP contribution in [0.2, 0.25) is 0 Å². The zero-order valence-electron chi connectivity index (χ0n) is 11.1. The van der Waals surface area contributed by atoms with Gasteiger partial charge in [0.25, 0.3) is 0 Å². The highest BCUT2D eigenvalue weighted by Crippen LogP contribution is 2.34. The highest BCUT2D eigenvalue weighted by Gasteiger charge is 2.41. The van der Waals surface area contributed by atoms with Crippen LogP contribution in [-0.4, -0.2) is 24.3 Å². The van der Waals surface area contributed by atoms with Crippen LogP contribution in [0, 0.1) is 0 Å². The molecule has 1 N–H and O–H groups in total. The fourth-order valence-electron chi connectivity index (χ4n) is 3.34. The van der Waals surface area contributed by atoms with Gasteiger partial charge < -0.3 is 10.1 Å². The smallest absolute Gasteiger partial charge is 0.0733 e. The van der Waals surface area contributed by atoms with E-state index < -0.39 is 0 Å². The summed E-state index contributed by atoms with van der Waals surface area (Å²) in [6, 6.07) is 12.0. The van der Waals surface area contributed by atoms with Gasteiger partial charge >= 0.3 is 0 Å². The van der Waals surface area contributed by atoms with Crippen molar-refractivity contribution in [2.45, 2.75) is 63.3 Å². The first kappa shape index (κ1) is 12.2. The largest absolute Gasteiger partial charge is 0.373 e. The molecule has 18 heavy (non-hydrogen) atoms. The Kier molecular flexibility index (Phi) is 3.67. The van der Waals surface area contributed by atoms with Crippen molar-refractivity contribution in [2.24, 2.45) is 0 Å². The van der Waals surface area contributed by atoms with Gasteiger partial charge in [0.05, 0.1) is 12.2 Å². The van der Waals surface area contributed by atoms with Crippen LogP contribution >= 0.6 is 0 Å². The first-order valence-electron chi connectivity index (χ1n) is 7.30. The Bertz CT molecular complexity index is 378. The van der Waals surface area contributed by atoms with Gasteiger partial charge in [-0.1, -0.05) is 37.3 Å². The highest BCUT2D eigenvalue weighted by atomic mass is 16.5. The molecule has 3 rings (SSSR count). The molecule has 98 valence electrons. The normalized spacial score (nSPS) is 31.7. The molecule has 2 nitrogen and oxygen atoms in total. The summed E-state index contributed by atoms with van der Waals surface area (Å²) in [4.78, 5) is 0. The highest BCUT2D eigenvalue weighted by molar-refractivity contribution is 5.16. The number of rotatable bonds is 5. The van der Waals surface area contributed by atoms with Gasteiger partial charge in [-0.2, -0.15) is 0 Å². The molecule has 2 heterocycles. The molecule has 1 aromatic rings. The van der Waals surface area contributed by atoms with Crippen LogP contribution in [0.3, 0.4) is 0 Å². The van der Waals surface area contributed by atoms with Crippen LogP contribution in [0.1, 0.15) is 38.2 Å². The molecule has 0 radical (unpaired) electrons. The Morgan fingerprint density at radius 1 is 1.28 bits per heavy atom. The summed E-state index contributed by atoms with van der Waals surface area (Å²) in [6.07, 6.45) is 7.09. The van der Waals surface area contributed by atoms with E-state index >= 15 is 0 Å². The molecule has 0 saturated carbocycles. The van der Waals surface area contributed by atoms with Crippen molar-refractivity contribution in [3.8, 4) is 0 Å². The summed E-state index contributed by atoms with van der Waals surface area (Å²) >= 11 is 0. The van der Waals surface area contributed by atoms with Crippen LogP contribution in [0.15, 0.2) is 30.3 Å². The molecule has 1 aromatic carbocycles. The number of hydrogen-bond acceptors (Lipinski definition) is 2. The summed E-state index contributed by atoms with van der Waals surface area (Å²) < 4.78 is 5.92. The van der Waals surface area contributed by atoms with Gasteiger partial charge in [0.15, 0.2) is 0 Å². The van der Waals surface area contributed by atoms with Crippen LogP contribution in [0.25, 0.3) is 0 Å². The predicted octanol–water partition coefficient (Wildman–Crippen LogP) is 2.92. The lowest BCUT2D eigenvalue weighted by molar-refractivity contribution is 0.0959. The molecule has 2 saturated heterocycles. The maximum Gasteiger partial charge on any atom is 0.0733 e. The molecule has 0 aromatic heterocycles. The second-order valence-corrected chi connectivity index (χ2v) is 5.68. The second-order valence-electron chi connectivity index (χ2n) is 5.68. The Morgan fingerprint density at radius 3 is 2.72 bits per heavy atom. The Balaban J connectivity index is 1.56. The van der Waals surface area contributed by atoms with Crippen molar-refractivity contribution in [1.82, 2.24) is 5.32 Å². The SMILES string of the molecule is CCC(Cc1ccccc1)NC1CC2CCC1O2. The van der Waals surface area contributed by atoms with Crippen molar-refractivity contribution in [2.75, 3.05) is 0 Å². The number of fused-ring (bicyclic) bond motifs is 2. The van der Waals surface area contributed by atoms with Crippen LogP contribution in [-0.2, 0) is 11.2 Å². The average molecular weight is 245 g/mol.